The standard InChI is InChI=1S/C9H6F4N2O4/c10-6-2-1-5(3-7(6)15(17)18)14-8(16)19-4-9(11,12)13/h1-3H,4H2,(H,14,16). The van der Waals surface area contributed by atoms with Crippen molar-refractivity contribution in [3.63, 3.8) is 0 Å². The average Bonchev–Trinajstić information content (AvgIpc) is 2.28. The van der Waals surface area contributed by atoms with Crippen LogP contribution in [0.4, 0.5) is 33.7 Å². The molecule has 0 radical (unpaired) electrons. The van der Waals surface area contributed by atoms with Gasteiger partial charge in [0.25, 0.3) is 0 Å². The van der Waals surface area contributed by atoms with Gasteiger partial charge in [0.05, 0.1) is 10.6 Å². The molecule has 6 nitrogen and oxygen atoms in total. The van der Waals surface area contributed by atoms with Crippen LogP contribution in [0.2, 0.25) is 0 Å². The number of nitrogens with zero attached hydrogens (tertiary/aromatic N) is 1. The highest BCUT2D eigenvalue weighted by molar-refractivity contribution is 5.85. The van der Waals surface area contributed by atoms with Crippen LogP contribution < -0.4 is 5.32 Å². The number of amides is 1. The molecule has 1 aromatic carbocycles. The van der Waals surface area contributed by atoms with E-state index in [0.29, 0.717) is 12.1 Å². The van der Waals surface area contributed by atoms with Gasteiger partial charge in [0.2, 0.25) is 5.82 Å². The summed E-state index contributed by atoms with van der Waals surface area (Å²) in [6.07, 6.45) is -6.15. The zero-order valence-corrected chi connectivity index (χ0v) is 9.03. The Morgan fingerprint density at radius 2 is 2.05 bits per heavy atom. The van der Waals surface area contributed by atoms with Crippen LogP contribution >= 0.6 is 0 Å². The third-order valence-electron chi connectivity index (χ3n) is 1.76. The van der Waals surface area contributed by atoms with Crippen LogP contribution in [0.1, 0.15) is 0 Å². The Hall–Kier alpha value is -2.39. The topological polar surface area (TPSA) is 81.5 Å². The third kappa shape index (κ3) is 4.77. The Bertz CT molecular complexity index is 503. The van der Waals surface area contributed by atoms with Crippen LogP contribution in [-0.2, 0) is 4.74 Å². The smallest absolute Gasteiger partial charge is 0.422 e. The van der Waals surface area contributed by atoms with Crippen molar-refractivity contribution in [3.8, 4) is 0 Å². The summed E-state index contributed by atoms with van der Waals surface area (Å²) >= 11 is 0. The van der Waals surface area contributed by atoms with Gasteiger partial charge in [-0.15, -0.1) is 0 Å². The molecule has 0 aromatic heterocycles. The molecule has 0 bridgehead atoms. The molecule has 0 unspecified atom stereocenters. The molecule has 0 saturated heterocycles. The van der Waals surface area contributed by atoms with Gasteiger partial charge in [0.1, 0.15) is 0 Å². The number of rotatable bonds is 3. The number of nitrogens with one attached hydrogen (secondary N) is 1. The summed E-state index contributed by atoms with van der Waals surface area (Å²) in [6.45, 7) is -1.80. The van der Waals surface area contributed by atoms with E-state index in [9.17, 15) is 32.5 Å². The van der Waals surface area contributed by atoms with Gasteiger partial charge in [-0.1, -0.05) is 0 Å². The monoisotopic (exact) mass is 282 g/mol. The van der Waals surface area contributed by atoms with E-state index in [1.165, 1.54) is 0 Å². The molecule has 104 valence electrons. The first-order valence-electron chi connectivity index (χ1n) is 4.63. The quantitative estimate of drug-likeness (QED) is 0.525. The largest absolute Gasteiger partial charge is 0.440 e. The zero-order valence-electron chi connectivity index (χ0n) is 9.03. The highest BCUT2D eigenvalue weighted by atomic mass is 19.4. The van der Waals surface area contributed by atoms with Crippen molar-refractivity contribution < 1.29 is 32.0 Å². The highest BCUT2D eigenvalue weighted by Crippen LogP contribution is 2.22. The molecule has 0 atom stereocenters. The summed E-state index contributed by atoms with van der Waals surface area (Å²) in [5.41, 5.74) is -1.19. The van der Waals surface area contributed by atoms with Gasteiger partial charge in [-0.2, -0.15) is 17.6 Å². The van der Waals surface area contributed by atoms with E-state index >= 15 is 0 Å². The SMILES string of the molecule is O=C(Nc1ccc(F)c([N+](=O)[O-])c1)OCC(F)(F)F. The molecule has 1 N–H and O–H groups in total. The number of nitro groups is 1. The second-order valence-corrected chi connectivity index (χ2v) is 3.24. The fraction of sp³-hybridized carbons (Fsp3) is 0.222. The first kappa shape index (κ1) is 14.7. The van der Waals surface area contributed by atoms with Crippen LogP contribution in [0.3, 0.4) is 0 Å². The molecule has 0 aliphatic rings. The van der Waals surface area contributed by atoms with E-state index in [-0.39, 0.29) is 5.69 Å². The molecule has 0 heterocycles. The first-order chi connectivity index (χ1) is 8.69. The van der Waals surface area contributed by atoms with Gasteiger partial charge < -0.3 is 4.74 Å². The van der Waals surface area contributed by atoms with Gasteiger partial charge in [-0.05, 0) is 12.1 Å². The van der Waals surface area contributed by atoms with Crippen LogP contribution in [-0.4, -0.2) is 23.8 Å². The fourth-order valence-corrected chi connectivity index (χ4v) is 1.03. The molecule has 0 spiro atoms. The van der Waals surface area contributed by atoms with E-state index in [1.807, 2.05) is 0 Å². The lowest BCUT2D eigenvalue weighted by Gasteiger charge is -2.09. The number of ether oxygens (including phenoxy) is 1. The molecule has 1 aromatic rings. The van der Waals surface area contributed by atoms with Gasteiger partial charge in [0.15, 0.2) is 6.61 Å². The fourth-order valence-electron chi connectivity index (χ4n) is 1.03. The van der Waals surface area contributed by atoms with Gasteiger partial charge >= 0.3 is 18.0 Å². The van der Waals surface area contributed by atoms with E-state index in [1.54, 1.807) is 5.32 Å². The maximum Gasteiger partial charge on any atom is 0.422 e. The number of carbonyl (C=O) groups is 1. The van der Waals surface area contributed by atoms with Crippen molar-refractivity contribution >= 4 is 17.5 Å². The molecular formula is C9H6F4N2O4. The summed E-state index contributed by atoms with van der Waals surface area (Å²) in [4.78, 5) is 20.3. The van der Waals surface area contributed by atoms with E-state index in [4.69, 9.17) is 0 Å². The minimum Gasteiger partial charge on any atom is -0.440 e. The Balaban J connectivity index is 2.70. The molecule has 0 fully saturated rings. The first-order valence-corrected chi connectivity index (χ1v) is 4.63. The number of halogens is 4. The summed E-state index contributed by atoms with van der Waals surface area (Å²) < 4.78 is 51.9. The Morgan fingerprint density at radius 1 is 1.42 bits per heavy atom. The maximum absolute atomic E-state index is 12.9. The zero-order chi connectivity index (χ0) is 14.6. The van der Waals surface area contributed by atoms with Gasteiger partial charge in [0, 0.05) is 6.07 Å². The van der Waals surface area contributed by atoms with E-state index in [2.05, 4.69) is 4.74 Å². The highest BCUT2D eigenvalue weighted by Gasteiger charge is 2.29. The summed E-state index contributed by atoms with van der Waals surface area (Å²) in [5, 5.41) is 12.2. The minimum atomic E-state index is -4.69. The summed E-state index contributed by atoms with van der Waals surface area (Å²) in [6, 6.07) is 2.29. The van der Waals surface area contributed by atoms with Crippen LogP contribution in [0, 0.1) is 15.9 Å². The van der Waals surface area contributed by atoms with Gasteiger partial charge in [-0.25, -0.2) is 4.79 Å². The number of benzene rings is 1. The van der Waals surface area contributed by atoms with Crippen molar-refractivity contribution in [2.24, 2.45) is 0 Å². The van der Waals surface area contributed by atoms with Crippen LogP contribution in [0.25, 0.3) is 0 Å². The van der Waals surface area contributed by atoms with Crippen molar-refractivity contribution in [1.82, 2.24) is 0 Å². The second kappa shape index (κ2) is 5.50. The Kier molecular flexibility index (Phi) is 4.25. The lowest BCUT2D eigenvalue weighted by atomic mass is 10.2. The number of alkyl halides is 3. The Labute approximate surface area is 103 Å². The predicted molar refractivity (Wildman–Crippen MR) is 54.1 cm³/mol. The third-order valence-corrected chi connectivity index (χ3v) is 1.76. The molecule has 10 heteroatoms. The predicted octanol–water partition coefficient (Wildman–Crippen LogP) is 2.84. The lowest BCUT2D eigenvalue weighted by Crippen LogP contribution is -2.23. The number of anilines is 1. The van der Waals surface area contributed by atoms with Crippen LogP contribution in [0.15, 0.2) is 18.2 Å². The maximum atomic E-state index is 12.9. The number of hydrogen-bond donors (Lipinski definition) is 1. The molecule has 0 saturated carbocycles. The second-order valence-electron chi connectivity index (χ2n) is 3.24. The van der Waals surface area contributed by atoms with Crippen molar-refractivity contribution in [3.05, 3.63) is 34.1 Å². The minimum absolute atomic E-state index is 0.264. The van der Waals surface area contributed by atoms with Crippen molar-refractivity contribution in [2.75, 3.05) is 11.9 Å². The number of hydrogen-bond acceptors (Lipinski definition) is 4. The molecule has 1 rings (SSSR count). The average molecular weight is 282 g/mol. The molecule has 0 aliphatic carbocycles. The molecular weight excluding hydrogens is 276 g/mol. The Morgan fingerprint density at radius 3 is 2.58 bits per heavy atom. The molecule has 1 amide bonds. The lowest BCUT2D eigenvalue weighted by molar-refractivity contribution is -0.387. The van der Waals surface area contributed by atoms with Crippen LogP contribution in [0.5, 0.6) is 0 Å². The van der Waals surface area contributed by atoms with E-state index < -0.39 is 35.3 Å². The number of carbonyl (C=O) groups excluding carboxylic acids is 1. The van der Waals surface area contributed by atoms with Crippen molar-refractivity contribution in [2.45, 2.75) is 6.18 Å². The molecule has 0 aliphatic heterocycles. The number of nitro benzene ring substituents is 1. The normalized spacial score (nSPS) is 10.9. The van der Waals surface area contributed by atoms with Crippen molar-refractivity contribution in [1.29, 1.82) is 0 Å². The molecule has 19 heavy (non-hydrogen) atoms. The summed E-state index contributed by atoms with van der Waals surface area (Å²) in [5.74, 6) is -1.14. The summed E-state index contributed by atoms with van der Waals surface area (Å²) in [7, 11) is 0. The van der Waals surface area contributed by atoms with Gasteiger partial charge in [-0.3, -0.25) is 15.4 Å². The van der Waals surface area contributed by atoms with E-state index in [0.717, 1.165) is 6.07 Å².